The maximum atomic E-state index is 3.88. The molecule has 0 aromatic heterocycles. The van der Waals surface area contributed by atoms with Crippen LogP contribution in [0, 0.1) is 12.8 Å². The molecule has 0 heteroatoms. The summed E-state index contributed by atoms with van der Waals surface area (Å²) in [5, 5.41) is 0. The van der Waals surface area contributed by atoms with Crippen molar-refractivity contribution in [3.05, 3.63) is 37.0 Å². The highest BCUT2D eigenvalue weighted by Gasteiger charge is 1.84. The van der Waals surface area contributed by atoms with Crippen molar-refractivity contribution in [3.63, 3.8) is 0 Å². The van der Waals surface area contributed by atoms with Crippen LogP contribution in [-0.4, -0.2) is 0 Å². The number of rotatable bonds is 0. The second-order valence-corrected chi connectivity index (χ2v) is 1.92. The summed E-state index contributed by atoms with van der Waals surface area (Å²) in [6, 6.07) is 0. The standard InChI is InChI=1S/C8H9/c1-8-6-4-2-3-5-7-8/h2,4-6,8H,1,7H2/q-1. The maximum Gasteiger partial charge on any atom is -0.0207 e. The van der Waals surface area contributed by atoms with Gasteiger partial charge in [0.1, 0.15) is 0 Å². The van der Waals surface area contributed by atoms with Gasteiger partial charge in [0.25, 0.3) is 0 Å². The summed E-state index contributed by atoms with van der Waals surface area (Å²) in [6.45, 7) is 3.88. The van der Waals surface area contributed by atoms with E-state index in [1.165, 1.54) is 0 Å². The minimum atomic E-state index is 0.446. The van der Waals surface area contributed by atoms with Crippen LogP contribution in [0.5, 0.6) is 0 Å². The van der Waals surface area contributed by atoms with Crippen molar-refractivity contribution in [2.75, 3.05) is 0 Å². The fourth-order valence-corrected chi connectivity index (χ4v) is 0.634. The van der Waals surface area contributed by atoms with E-state index in [0.717, 1.165) is 6.42 Å². The van der Waals surface area contributed by atoms with Gasteiger partial charge in [0, 0.05) is 0 Å². The summed E-state index contributed by atoms with van der Waals surface area (Å²) >= 11 is 0. The lowest BCUT2D eigenvalue weighted by Gasteiger charge is -2.04. The maximum absolute atomic E-state index is 3.88. The Morgan fingerprint density at radius 1 is 1.62 bits per heavy atom. The van der Waals surface area contributed by atoms with Crippen molar-refractivity contribution >= 4 is 0 Å². The van der Waals surface area contributed by atoms with Gasteiger partial charge < -0.3 is 6.92 Å². The van der Waals surface area contributed by atoms with Crippen LogP contribution in [-0.2, 0) is 0 Å². The van der Waals surface area contributed by atoms with E-state index >= 15 is 0 Å². The first-order chi connectivity index (χ1) is 3.89. The monoisotopic (exact) mass is 105 g/mol. The van der Waals surface area contributed by atoms with Crippen molar-refractivity contribution < 1.29 is 0 Å². The Bertz CT molecular complexity index is 145. The van der Waals surface area contributed by atoms with E-state index in [4.69, 9.17) is 0 Å². The molecule has 1 aliphatic rings. The summed E-state index contributed by atoms with van der Waals surface area (Å²) in [5.41, 5.74) is 3.00. The van der Waals surface area contributed by atoms with Crippen molar-refractivity contribution in [2.24, 2.45) is 5.92 Å². The third kappa shape index (κ3) is 1.40. The van der Waals surface area contributed by atoms with Crippen LogP contribution in [0.4, 0.5) is 0 Å². The average Bonchev–Trinajstić information content (AvgIpc) is 1.94. The fourth-order valence-electron chi connectivity index (χ4n) is 0.634. The number of hydrogen-bond acceptors (Lipinski definition) is 0. The quantitative estimate of drug-likeness (QED) is 0.327. The summed E-state index contributed by atoms with van der Waals surface area (Å²) in [6.07, 6.45) is 9.01. The Balaban J connectivity index is 2.66. The zero-order chi connectivity index (χ0) is 5.82. The van der Waals surface area contributed by atoms with Crippen LogP contribution in [0.25, 0.3) is 0 Å². The molecule has 0 fully saturated rings. The molecular formula is C8H9-. The van der Waals surface area contributed by atoms with E-state index in [-0.39, 0.29) is 0 Å². The van der Waals surface area contributed by atoms with Gasteiger partial charge in [-0.25, -0.2) is 0 Å². The van der Waals surface area contributed by atoms with Gasteiger partial charge in [-0.1, -0.05) is 6.08 Å². The van der Waals surface area contributed by atoms with Gasteiger partial charge in [-0.2, -0.15) is 0 Å². The minimum absolute atomic E-state index is 0.446. The lowest BCUT2D eigenvalue weighted by atomic mass is 10.1. The molecule has 8 heavy (non-hydrogen) atoms. The Hall–Kier alpha value is -0.740. The Kier molecular flexibility index (Phi) is 1.71. The molecule has 0 N–H and O–H groups in total. The lowest BCUT2D eigenvalue weighted by molar-refractivity contribution is 0.831. The highest BCUT2D eigenvalue weighted by atomic mass is 14.0. The van der Waals surface area contributed by atoms with Gasteiger partial charge >= 0.3 is 0 Å². The van der Waals surface area contributed by atoms with E-state index in [1.54, 1.807) is 0 Å². The largest absolute Gasteiger partial charge is 0.336 e. The van der Waals surface area contributed by atoms with E-state index in [0.29, 0.717) is 5.92 Å². The van der Waals surface area contributed by atoms with E-state index in [1.807, 2.05) is 18.2 Å². The lowest BCUT2D eigenvalue weighted by Crippen LogP contribution is -1.83. The smallest absolute Gasteiger partial charge is 0.0207 e. The normalized spacial score (nSPS) is 25.9. The molecule has 0 aromatic rings. The number of allylic oxidation sites excluding steroid dienone is 3. The molecule has 1 rings (SSSR count). The molecule has 0 aliphatic heterocycles. The topological polar surface area (TPSA) is 0 Å². The van der Waals surface area contributed by atoms with Gasteiger partial charge in [-0.05, 0) is 18.6 Å². The van der Waals surface area contributed by atoms with Crippen molar-refractivity contribution in [2.45, 2.75) is 6.42 Å². The second-order valence-electron chi connectivity index (χ2n) is 1.92. The van der Waals surface area contributed by atoms with Crippen LogP contribution < -0.4 is 0 Å². The molecule has 0 spiro atoms. The third-order valence-electron chi connectivity index (χ3n) is 1.11. The zero-order valence-electron chi connectivity index (χ0n) is 4.80. The summed E-state index contributed by atoms with van der Waals surface area (Å²) in [4.78, 5) is 0. The van der Waals surface area contributed by atoms with Crippen LogP contribution in [0.15, 0.2) is 30.0 Å². The molecule has 0 aromatic carbocycles. The molecule has 1 aliphatic carbocycles. The Morgan fingerprint density at radius 2 is 2.50 bits per heavy atom. The highest BCUT2D eigenvalue weighted by molar-refractivity contribution is 5.09. The first-order valence-corrected chi connectivity index (χ1v) is 2.80. The van der Waals surface area contributed by atoms with E-state index in [9.17, 15) is 0 Å². The summed E-state index contributed by atoms with van der Waals surface area (Å²) in [7, 11) is 0. The van der Waals surface area contributed by atoms with Gasteiger partial charge in [-0.3, -0.25) is 0 Å². The minimum Gasteiger partial charge on any atom is -0.336 e. The molecule has 0 saturated heterocycles. The van der Waals surface area contributed by atoms with Crippen LogP contribution in [0.1, 0.15) is 6.42 Å². The molecule has 0 nitrogen and oxygen atoms in total. The molecule has 0 saturated carbocycles. The van der Waals surface area contributed by atoms with Crippen LogP contribution in [0.3, 0.4) is 0 Å². The Morgan fingerprint density at radius 3 is 3.38 bits per heavy atom. The molecule has 0 bridgehead atoms. The third-order valence-corrected chi connectivity index (χ3v) is 1.11. The zero-order valence-corrected chi connectivity index (χ0v) is 4.80. The first-order valence-electron chi connectivity index (χ1n) is 2.80. The van der Waals surface area contributed by atoms with E-state index in [2.05, 4.69) is 18.7 Å². The molecular weight excluding hydrogens is 96.1 g/mol. The molecule has 0 amide bonds. The van der Waals surface area contributed by atoms with Crippen LogP contribution >= 0.6 is 0 Å². The molecule has 1 unspecified atom stereocenters. The summed E-state index contributed by atoms with van der Waals surface area (Å²) in [5.74, 6) is 0.446. The van der Waals surface area contributed by atoms with Crippen LogP contribution in [0.2, 0.25) is 0 Å². The van der Waals surface area contributed by atoms with Crippen molar-refractivity contribution in [1.29, 1.82) is 0 Å². The molecule has 42 valence electrons. The number of hydrogen-bond donors (Lipinski definition) is 0. The molecule has 0 radical (unpaired) electrons. The first kappa shape index (κ1) is 5.40. The average molecular weight is 105 g/mol. The predicted octanol–water partition coefficient (Wildman–Crippen LogP) is 2.11. The summed E-state index contributed by atoms with van der Waals surface area (Å²) < 4.78 is 0. The molecule has 1 atom stereocenters. The SMILES string of the molecule is [CH2-]C1C=CC=C=CC1. The van der Waals surface area contributed by atoms with Crippen molar-refractivity contribution in [1.82, 2.24) is 0 Å². The fraction of sp³-hybridized carbons (Fsp3) is 0.250. The van der Waals surface area contributed by atoms with Gasteiger partial charge in [-0.15, -0.1) is 17.7 Å². The van der Waals surface area contributed by atoms with E-state index < -0.39 is 0 Å². The van der Waals surface area contributed by atoms with Crippen molar-refractivity contribution in [3.8, 4) is 0 Å². The van der Waals surface area contributed by atoms with Gasteiger partial charge in [0.15, 0.2) is 0 Å². The second kappa shape index (κ2) is 2.54. The predicted molar refractivity (Wildman–Crippen MR) is 35.3 cm³/mol. The van der Waals surface area contributed by atoms with Gasteiger partial charge in [0.2, 0.25) is 0 Å². The van der Waals surface area contributed by atoms with Gasteiger partial charge in [0.05, 0.1) is 0 Å². The highest BCUT2D eigenvalue weighted by Crippen LogP contribution is 2.05. The Labute approximate surface area is 50.2 Å². The molecule has 0 heterocycles.